The Morgan fingerprint density at radius 3 is 2.70 bits per heavy atom. The highest BCUT2D eigenvalue weighted by Crippen LogP contribution is 2.32. The summed E-state index contributed by atoms with van der Waals surface area (Å²) in [7, 11) is 0. The first-order chi connectivity index (χ1) is 9.47. The number of rotatable bonds is 4. The maximum atomic E-state index is 13.3. The lowest BCUT2D eigenvalue weighted by Gasteiger charge is -2.09. The molecule has 2 aromatic rings. The van der Waals surface area contributed by atoms with Crippen LogP contribution in [-0.2, 0) is 6.61 Å². The first kappa shape index (κ1) is 14.6. The summed E-state index contributed by atoms with van der Waals surface area (Å²) in [6.45, 7) is -0.0158. The quantitative estimate of drug-likeness (QED) is 0.909. The van der Waals surface area contributed by atoms with Crippen LogP contribution in [0.3, 0.4) is 0 Å². The van der Waals surface area contributed by atoms with Gasteiger partial charge >= 0.3 is 5.97 Å². The molecule has 3 nitrogen and oxygen atoms in total. The van der Waals surface area contributed by atoms with Crippen molar-refractivity contribution in [3.8, 4) is 5.75 Å². The predicted molar refractivity (Wildman–Crippen MR) is 74.2 cm³/mol. The first-order valence-corrected chi connectivity index (χ1v) is 6.32. The highest BCUT2D eigenvalue weighted by molar-refractivity contribution is 6.42. The maximum absolute atomic E-state index is 13.3. The zero-order valence-corrected chi connectivity index (χ0v) is 11.6. The molecule has 0 aromatic heterocycles. The van der Waals surface area contributed by atoms with Crippen LogP contribution in [0.2, 0.25) is 10.0 Å². The van der Waals surface area contributed by atoms with Crippen molar-refractivity contribution in [2.75, 3.05) is 0 Å². The van der Waals surface area contributed by atoms with Gasteiger partial charge in [-0.05, 0) is 35.9 Å². The molecule has 0 heterocycles. The van der Waals surface area contributed by atoms with Crippen molar-refractivity contribution >= 4 is 29.2 Å². The zero-order valence-electron chi connectivity index (χ0n) is 10.1. The van der Waals surface area contributed by atoms with Crippen LogP contribution in [-0.4, -0.2) is 11.1 Å². The monoisotopic (exact) mass is 314 g/mol. The Morgan fingerprint density at radius 2 is 2.00 bits per heavy atom. The van der Waals surface area contributed by atoms with E-state index in [9.17, 15) is 9.18 Å². The molecule has 2 aromatic carbocycles. The highest BCUT2D eigenvalue weighted by atomic mass is 35.5. The van der Waals surface area contributed by atoms with Gasteiger partial charge in [0.2, 0.25) is 0 Å². The molecule has 0 bridgehead atoms. The summed E-state index contributed by atoms with van der Waals surface area (Å²) >= 11 is 11.8. The van der Waals surface area contributed by atoms with Gasteiger partial charge in [0.05, 0.1) is 10.6 Å². The SMILES string of the molecule is O=C(O)c1cc(F)cc(COc2cccc(Cl)c2Cl)c1. The van der Waals surface area contributed by atoms with Crippen LogP contribution >= 0.6 is 23.2 Å². The van der Waals surface area contributed by atoms with Crippen molar-refractivity contribution in [3.05, 3.63) is 63.4 Å². The lowest BCUT2D eigenvalue weighted by atomic mass is 10.1. The van der Waals surface area contributed by atoms with Crippen LogP contribution in [0, 0.1) is 5.82 Å². The molecule has 0 unspecified atom stereocenters. The van der Waals surface area contributed by atoms with Crippen molar-refractivity contribution in [1.29, 1.82) is 0 Å². The van der Waals surface area contributed by atoms with E-state index in [0.717, 1.165) is 6.07 Å². The molecule has 0 radical (unpaired) electrons. The summed E-state index contributed by atoms with van der Waals surface area (Å²) in [5.74, 6) is -1.49. The van der Waals surface area contributed by atoms with E-state index < -0.39 is 11.8 Å². The van der Waals surface area contributed by atoms with Gasteiger partial charge in [-0.15, -0.1) is 0 Å². The third-order valence-electron chi connectivity index (χ3n) is 2.52. The summed E-state index contributed by atoms with van der Waals surface area (Å²) in [6, 6.07) is 8.37. The number of ether oxygens (including phenoxy) is 1. The Hall–Kier alpha value is -1.78. The Balaban J connectivity index is 2.19. The number of benzene rings is 2. The first-order valence-electron chi connectivity index (χ1n) is 5.57. The van der Waals surface area contributed by atoms with E-state index in [2.05, 4.69) is 0 Å². The average Bonchev–Trinajstić information content (AvgIpc) is 2.40. The summed E-state index contributed by atoms with van der Waals surface area (Å²) < 4.78 is 18.7. The molecule has 2 rings (SSSR count). The van der Waals surface area contributed by atoms with Gasteiger partial charge in [0.1, 0.15) is 23.2 Å². The second-order valence-electron chi connectivity index (χ2n) is 3.99. The minimum atomic E-state index is -1.20. The minimum Gasteiger partial charge on any atom is -0.487 e. The fourth-order valence-corrected chi connectivity index (χ4v) is 1.96. The van der Waals surface area contributed by atoms with Crippen molar-refractivity contribution in [1.82, 2.24) is 0 Å². The van der Waals surface area contributed by atoms with Gasteiger partial charge in [-0.2, -0.15) is 0 Å². The lowest BCUT2D eigenvalue weighted by molar-refractivity contribution is 0.0696. The number of hydrogen-bond donors (Lipinski definition) is 1. The van der Waals surface area contributed by atoms with Gasteiger partial charge in [-0.1, -0.05) is 29.3 Å². The van der Waals surface area contributed by atoms with E-state index in [1.165, 1.54) is 12.1 Å². The molecule has 0 aliphatic rings. The van der Waals surface area contributed by atoms with E-state index in [4.69, 9.17) is 33.0 Å². The largest absolute Gasteiger partial charge is 0.487 e. The molecule has 0 spiro atoms. The number of halogens is 3. The van der Waals surface area contributed by atoms with Crippen molar-refractivity contribution in [2.24, 2.45) is 0 Å². The van der Waals surface area contributed by atoms with Gasteiger partial charge < -0.3 is 9.84 Å². The Labute approximate surface area is 124 Å². The standard InChI is InChI=1S/C14H9Cl2FO3/c15-11-2-1-3-12(13(11)16)20-7-8-4-9(14(18)19)6-10(17)5-8/h1-6H,7H2,(H,18,19). The summed E-state index contributed by atoms with van der Waals surface area (Å²) in [5.41, 5.74) is 0.249. The lowest BCUT2D eigenvalue weighted by Crippen LogP contribution is -2.02. The number of hydrogen-bond acceptors (Lipinski definition) is 2. The van der Waals surface area contributed by atoms with Gasteiger partial charge in [-0.3, -0.25) is 0 Å². The zero-order chi connectivity index (χ0) is 14.7. The summed E-state index contributed by atoms with van der Waals surface area (Å²) in [5, 5.41) is 9.45. The maximum Gasteiger partial charge on any atom is 0.335 e. The molecular formula is C14H9Cl2FO3. The predicted octanol–water partition coefficient (Wildman–Crippen LogP) is 4.41. The normalized spacial score (nSPS) is 10.3. The minimum absolute atomic E-state index is 0.0158. The van der Waals surface area contributed by atoms with E-state index in [-0.39, 0.29) is 17.2 Å². The number of carboxylic acid groups (broad SMARTS) is 1. The second kappa shape index (κ2) is 6.11. The summed E-state index contributed by atoms with van der Waals surface area (Å²) in [4.78, 5) is 10.8. The Kier molecular flexibility index (Phi) is 4.47. The topological polar surface area (TPSA) is 46.5 Å². The van der Waals surface area contributed by atoms with Crippen LogP contribution in [0.1, 0.15) is 15.9 Å². The Bertz CT molecular complexity index is 659. The number of carbonyl (C=O) groups is 1. The molecule has 1 N–H and O–H groups in total. The van der Waals surface area contributed by atoms with Crippen LogP contribution in [0.15, 0.2) is 36.4 Å². The van der Waals surface area contributed by atoms with E-state index in [1.54, 1.807) is 18.2 Å². The highest BCUT2D eigenvalue weighted by Gasteiger charge is 2.09. The molecule has 0 atom stereocenters. The van der Waals surface area contributed by atoms with Gasteiger partial charge in [0.15, 0.2) is 0 Å². The average molecular weight is 315 g/mol. The molecule has 20 heavy (non-hydrogen) atoms. The Morgan fingerprint density at radius 1 is 1.25 bits per heavy atom. The van der Waals surface area contributed by atoms with Crippen molar-refractivity contribution in [2.45, 2.75) is 6.61 Å². The van der Waals surface area contributed by atoms with Gasteiger partial charge in [0, 0.05) is 0 Å². The third-order valence-corrected chi connectivity index (χ3v) is 3.32. The van der Waals surface area contributed by atoms with Gasteiger partial charge in [0.25, 0.3) is 0 Å². The molecule has 0 fully saturated rings. The molecule has 0 saturated heterocycles. The van der Waals surface area contributed by atoms with Crippen molar-refractivity contribution < 1.29 is 19.0 Å². The fraction of sp³-hybridized carbons (Fsp3) is 0.0714. The smallest absolute Gasteiger partial charge is 0.335 e. The van der Waals surface area contributed by atoms with Crippen molar-refractivity contribution in [3.63, 3.8) is 0 Å². The third kappa shape index (κ3) is 3.40. The molecular weight excluding hydrogens is 306 g/mol. The van der Waals surface area contributed by atoms with Crippen LogP contribution < -0.4 is 4.74 Å². The van der Waals surface area contributed by atoms with Crippen LogP contribution in [0.25, 0.3) is 0 Å². The second-order valence-corrected chi connectivity index (χ2v) is 4.78. The fourth-order valence-electron chi connectivity index (χ4n) is 1.61. The molecule has 6 heteroatoms. The van der Waals surface area contributed by atoms with E-state index in [0.29, 0.717) is 16.3 Å². The summed E-state index contributed by atoms with van der Waals surface area (Å²) in [6.07, 6.45) is 0. The van der Waals surface area contributed by atoms with Crippen LogP contribution in [0.5, 0.6) is 5.75 Å². The molecule has 104 valence electrons. The number of aromatic carboxylic acids is 1. The van der Waals surface area contributed by atoms with Crippen LogP contribution in [0.4, 0.5) is 4.39 Å². The molecule has 0 aliphatic carbocycles. The van der Waals surface area contributed by atoms with Gasteiger partial charge in [-0.25, -0.2) is 9.18 Å². The molecule has 0 amide bonds. The molecule has 0 aliphatic heterocycles. The molecule has 0 saturated carbocycles. The van der Waals surface area contributed by atoms with E-state index in [1.807, 2.05) is 0 Å². The van der Waals surface area contributed by atoms with E-state index >= 15 is 0 Å². The number of carboxylic acids is 1.